The first-order valence-electron chi connectivity index (χ1n) is 5.55. The summed E-state index contributed by atoms with van der Waals surface area (Å²) in [6, 6.07) is 0.892. The second-order valence-electron chi connectivity index (χ2n) is 4.05. The van der Waals surface area contributed by atoms with Gasteiger partial charge in [0.1, 0.15) is 0 Å². The summed E-state index contributed by atoms with van der Waals surface area (Å²) in [5, 5.41) is 10.6. The Morgan fingerprint density at radius 1 is 1.38 bits per heavy atom. The Morgan fingerprint density at radius 2 is 2.00 bits per heavy atom. The normalized spacial score (nSPS) is 12.8. The van der Waals surface area contributed by atoms with E-state index in [1.165, 1.54) is 7.11 Å². The van der Waals surface area contributed by atoms with Crippen molar-refractivity contribution in [1.29, 1.82) is 0 Å². The van der Waals surface area contributed by atoms with Crippen LogP contribution in [-0.2, 0) is 15.7 Å². The van der Waals surface area contributed by atoms with Gasteiger partial charge in [0.25, 0.3) is 5.91 Å². The maximum atomic E-state index is 12.6. The third-order valence-electron chi connectivity index (χ3n) is 2.42. The quantitative estimate of drug-likeness (QED) is 0.870. The van der Waals surface area contributed by atoms with Crippen molar-refractivity contribution in [2.45, 2.75) is 12.2 Å². The lowest BCUT2D eigenvalue weighted by molar-refractivity contribution is -0.140. The van der Waals surface area contributed by atoms with Crippen molar-refractivity contribution in [3.63, 3.8) is 0 Å². The van der Waals surface area contributed by atoms with Crippen molar-refractivity contribution in [1.82, 2.24) is 5.32 Å². The third kappa shape index (κ3) is 4.91. The predicted molar refractivity (Wildman–Crippen MR) is 67.2 cm³/mol. The second kappa shape index (κ2) is 6.77. The molecule has 1 aromatic carbocycles. The van der Waals surface area contributed by atoms with E-state index in [1.54, 1.807) is 0 Å². The number of alkyl halides is 3. The largest absolute Gasteiger partial charge is 0.480 e. The molecule has 116 valence electrons. The van der Waals surface area contributed by atoms with Crippen molar-refractivity contribution in [3.8, 4) is 0 Å². The molecule has 9 heteroatoms. The van der Waals surface area contributed by atoms with Crippen LogP contribution in [0.5, 0.6) is 0 Å². The molecular weight excluding hydrogens is 315 g/mol. The predicted octanol–water partition coefficient (Wildman–Crippen LogP) is 2.19. The molecule has 0 spiro atoms. The third-order valence-corrected chi connectivity index (χ3v) is 2.64. The SMILES string of the molecule is COC[C@H](NC(=O)c1cc(Cl)cc(C(F)(F)F)c1)C(=O)O. The minimum absolute atomic E-state index is 0.284. The first-order valence-corrected chi connectivity index (χ1v) is 5.93. The number of carbonyl (C=O) groups is 2. The Hall–Kier alpha value is -1.80. The van der Waals surface area contributed by atoms with Gasteiger partial charge in [-0.1, -0.05) is 11.6 Å². The van der Waals surface area contributed by atoms with Crippen LogP contribution >= 0.6 is 11.6 Å². The monoisotopic (exact) mass is 325 g/mol. The molecule has 2 N–H and O–H groups in total. The van der Waals surface area contributed by atoms with Crippen molar-refractivity contribution < 1.29 is 32.6 Å². The molecule has 1 amide bonds. The fraction of sp³-hybridized carbons (Fsp3) is 0.333. The lowest BCUT2D eigenvalue weighted by Crippen LogP contribution is -2.43. The van der Waals surface area contributed by atoms with Crippen LogP contribution in [0.15, 0.2) is 18.2 Å². The van der Waals surface area contributed by atoms with Gasteiger partial charge in [0.2, 0.25) is 0 Å². The van der Waals surface area contributed by atoms with Crippen LogP contribution in [0.4, 0.5) is 13.2 Å². The van der Waals surface area contributed by atoms with Crippen LogP contribution in [0.3, 0.4) is 0 Å². The van der Waals surface area contributed by atoms with Gasteiger partial charge in [0, 0.05) is 17.7 Å². The average Bonchev–Trinajstić information content (AvgIpc) is 2.36. The van der Waals surface area contributed by atoms with Crippen molar-refractivity contribution in [2.75, 3.05) is 13.7 Å². The first-order chi connectivity index (χ1) is 9.65. The van der Waals surface area contributed by atoms with Gasteiger partial charge in [-0.05, 0) is 18.2 Å². The number of ether oxygens (including phenoxy) is 1. The molecule has 0 radical (unpaired) electrons. The van der Waals surface area contributed by atoms with Gasteiger partial charge in [-0.15, -0.1) is 0 Å². The van der Waals surface area contributed by atoms with Gasteiger partial charge in [-0.25, -0.2) is 4.79 Å². The van der Waals surface area contributed by atoms with Gasteiger partial charge in [0.05, 0.1) is 12.2 Å². The van der Waals surface area contributed by atoms with Crippen LogP contribution < -0.4 is 5.32 Å². The summed E-state index contributed by atoms with van der Waals surface area (Å²) in [5.41, 5.74) is -1.49. The number of aliphatic carboxylic acids is 1. The van der Waals surface area contributed by atoms with E-state index in [-0.39, 0.29) is 11.6 Å². The summed E-state index contributed by atoms with van der Waals surface area (Å²) >= 11 is 5.54. The Morgan fingerprint density at radius 3 is 2.48 bits per heavy atom. The molecule has 0 aromatic heterocycles. The maximum absolute atomic E-state index is 12.6. The minimum atomic E-state index is -4.67. The summed E-state index contributed by atoms with van der Waals surface area (Å²) in [7, 11) is 1.23. The fourth-order valence-electron chi connectivity index (χ4n) is 1.47. The van der Waals surface area contributed by atoms with E-state index in [2.05, 4.69) is 10.1 Å². The molecule has 0 saturated heterocycles. The highest BCUT2D eigenvalue weighted by atomic mass is 35.5. The molecule has 5 nitrogen and oxygen atoms in total. The Kier molecular flexibility index (Phi) is 5.56. The average molecular weight is 326 g/mol. The molecule has 0 heterocycles. The van der Waals surface area contributed by atoms with E-state index < -0.39 is 35.2 Å². The molecule has 0 aliphatic carbocycles. The van der Waals surface area contributed by atoms with Crippen LogP contribution in [0.2, 0.25) is 5.02 Å². The van der Waals surface area contributed by atoms with E-state index in [0.29, 0.717) is 12.1 Å². The topological polar surface area (TPSA) is 75.6 Å². The molecule has 1 rings (SSSR count). The number of amides is 1. The van der Waals surface area contributed by atoms with E-state index in [0.717, 1.165) is 6.07 Å². The van der Waals surface area contributed by atoms with Crippen molar-refractivity contribution >= 4 is 23.5 Å². The zero-order valence-electron chi connectivity index (χ0n) is 10.7. The Balaban J connectivity index is 3.02. The highest BCUT2D eigenvalue weighted by molar-refractivity contribution is 6.31. The first kappa shape index (κ1) is 17.3. The number of carboxylic acid groups (broad SMARTS) is 1. The van der Waals surface area contributed by atoms with E-state index >= 15 is 0 Å². The molecular formula is C12H11ClF3NO4. The number of benzene rings is 1. The van der Waals surface area contributed by atoms with Crippen LogP contribution in [0.25, 0.3) is 0 Å². The lowest BCUT2D eigenvalue weighted by Gasteiger charge is -2.14. The lowest BCUT2D eigenvalue weighted by atomic mass is 10.1. The zero-order valence-corrected chi connectivity index (χ0v) is 11.5. The Labute approximate surface area is 122 Å². The van der Waals surface area contributed by atoms with Crippen molar-refractivity contribution in [2.24, 2.45) is 0 Å². The van der Waals surface area contributed by atoms with Crippen molar-refractivity contribution in [3.05, 3.63) is 34.3 Å². The van der Waals surface area contributed by atoms with Crippen LogP contribution in [0.1, 0.15) is 15.9 Å². The molecule has 0 aliphatic rings. The maximum Gasteiger partial charge on any atom is 0.416 e. The van der Waals surface area contributed by atoms with Gasteiger partial charge >= 0.3 is 12.1 Å². The summed E-state index contributed by atoms with van der Waals surface area (Å²) in [6.07, 6.45) is -4.67. The van der Waals surface area contributed by atoms with Gasteiger partial charge in [0.15, 0.2) is 6.04 Å². The highest BCUT2D eigenvalue weighted by Gasteiger charge is 2.32. The molecule has 0 bridgehead atoms. The fourth-order valence-corrected chi connectivity index (χ4v) is 1.70. The standard InChI is InChI=1S/C12H11ClF3NO4/c1-21-5-9(11(19)20)17-10(18)6-2-7(12(14,15)16)4-8(13)3-6/h2-4,9H,5H2,1H3,(H,17,18)(H,19,20)/t9-/m0/s1. The number of hydrogen-bond donors (Lipinski definition) is 2. The molecule has 0 unspecified atom stereocenters. The summed E-state index contributed by atoms with van der Waals surface area (Å²) in [6.45, 7) is -0.326. The molecule has 1 aromatic rings. The van der Waals surface area contributed by atoms with E-state index in [1.807, 2.05) is 0 Å². The second-order valence-corrected chi connectivity index (χ2v) is 4.48. The number of halogens is 4. The van der Waals surface area contributed by atoms with E-state index in [4.69, 9.17) is 16.7 Å². The zero-order chi connectivity index (χ0) is 16.2. The smallest absolute Gasteiger partial charge is 0.416 e. The molecule has 21 heavy (non-hydrogen) atoms. The molecule has 0 saturated carbocycles. The van der Waals surface area contributed by atoms with Gasteiger partial charge < -0.3 is 15.2 Å². The number of methoxy groups -OCH3 is 1. The number of carbonyl (C=O) groups excluding carboxylic acids is 1. The summed E-state index contributed by atoms with van der Waals surface area (Å²) in [5.74, 6) is -2.37. The van der Waals surface area contributed by atoms with Gasteiger partial charge in [-0.2, -0.15) is 13.2 Å². The minimum Gasteiger partial charge on any atom is -0.480 e. The van der Waals surface area contributed by atoms with Crippen LogP contribution in [-0.4, -0.2) is 36.7 Å². The Bertz CT molecular complexity index is 548. The number of hydrogen-bond acceptors (Lipinski definition) is 3. The molecule has 1 atom stereocenters. The van der Waals surface area contributed by atoms with E-state index in [9.17, 15) is 22.8 Å². The molecule has 0 aliphatic heterocycles. The molecule has 0 fully saturated rings. The van der Waals surface area contributed by atoms with Gasteiger partial charge in [-0.3, -0.25) is 4.79 Å². The van der Waals surface area contributed by atoms with Crippen LogP contribution in [0, 0.1) is 0 Å². The summed E-state index contributed by atoms with van der Waals surface area (Å²) < 4.78 is 42.5. The number of nitrogens with one attached hydrogen (secondary N) is 1. The number of rotatable bonds is 5. The number of carboxylic acids is 1. The highest BCUT2D eigenvalue weighted by Crippen LogP contribution is 2.31. The summed E-state index contributed by atoms with van der Waals surface area (Å²) in [4.78, 5) is 22.7.